The lowest BCUT2D eigenvalue weighted by molar-refractivity contribution is 0.670. The normalized spacial score (nSPS) is 21.9. The second-order valence-electron chi connectivity index (χ2n) is 5.20. The summed E-state index contributed by atoms with van der Waals surface area (Å²) in [4.78, 5) is 0. The van der Waals surface area contributed by atoms with E-state index in [-0.39, 0.29) is 0 Å². The minimum absolute atomic E-state index is 0.410. The molecule has 2 atom stereocenters. The van der Waals surface area contributed by atoms with Crippen LogP contribution in [-0.4, -0.2) is 15.4 Å². The zero-order chi connectivity index (χ0) is 13.5. The third-order valence-electron chi connectivity index (χ3n) is 3.69. The van der Waals surface area contributed by atoms with Gasteiger partial charge in [0.25, 0.3) is 0 Å². The summed E-state index contributed by atoms with van der Waals surface area (Å²) in [7, 11) is 0. The summed E-state index contributed by atoms with van der Waals surface area (Å²) in [5.74, 6) is 0. The summed E-state index contributed by atoms with van der Waals surface area (Å²) in [6, 6.07) is 9.05. The molecular formula is C15H15N3S2. The van der Waals surface area contributed by atoms with E-state index in [1.807, 2.05) is 29.3 Å². The fraction of sp³-hybridized carbons (Fsp3) is 0.267. The van der Waals surface area contributed by atoms with E-state index < -0.39 is 0 Å². The monoisotopic (exact) mass is 301 g/mol. The smallest absolute Gasteiger partial charge is 0.0670 e. The molecule has 3 nitrogen and oxygen atoms in total. The number of benzene rings is 1. The van der Waals surface area contributed by atoms with E-state index in [0.29, 0.717) is 11.3 Å². The quantitative estimate of drug-likeness (QED) is 0.723. The standard InChI is InChI=1S/C15H15N3S2/c1-9-6-14(12-4-5-19-15(12)20-9)17-11-3-2-10-8-16-18-13(10)7-11/h2-5,7-9,14,17H,6H2,1H3,(H,16,18)/t9-,14?/m0/s1. The SMILES string of the molecule is C[C@H]1CC(Nc2ccc3cn[nH]c3c2)c2ccsc2S1. The number of fused-ring (bicyclic) bond motifs is 2. The number of hydrogen-bond donors (Lipinski definition) is 2. The van der Waals surface area contributed by atoms with Crippen LogP contribution in [0.3, 0.4) is 0 Å². The van der Waals surface area contributed by atoms with Gasteiger partial charge in [-0.05, 0) is 41.6 Å². The molecule has 1 aliphatic rings. The Morgan fingerprint density at radius 2 is 2.30 bits per heavy atom. The van der Waals surface area contributed by atoms with E-state index in [1.165, 1.54) is 9.77 Å². The Balaban J connectivity index is 1.65. The van der Waals surface area contributed by atoms with Crippen molar-refractivity contribution in [1.82, 2.24) is 10.2 Å². The molecule has 2 N–H and O–H groups in total. The van der Waals surface area contributed by atoms with Crippen LogP contribution in [0.5, 0.6) is 0 Å². The predicted molar refractivity (Wildman–Crippen MR) is 86.7 cm³/mol. The highest BCUT2D eigenvalue weighted by molar-refractivity contribution is 8.01. The Bertz CT molecular complexity index is 746. The molecule has 102 valence electrons. The van der Waals surface area contributed by atoms with Gasteiger partial charge < -0.3 is 5.32 Å². The lowest BCUT2D eigenvalue weighted by Crippen LogP contribution is -2.18. The van der Waals surface area contributed by atoms with E-state index in [2.05, 4.69) is 52.1 Å². The van der Waals surface area contributed by atoms with Crippen molar-refractivity contribution in [3.8, 4) is 0 Å². The average molecular weight is 301 g/mol. The number of rotatable bonds is 2. The van der Waals surface area contributed by atoms with Gasteiger partial charge in [0.15, 0.2) is 0 Å². The minimum atomic E-state index is 0.410. The topological polar surface area (TPSA) is 40.7 Å². The molecule has 0 radical (unpaired) electrons. The fourth-order valence-electron chi connectivity index (χ4n) is 2.71. The first-order valence-corrected chi connectivity index (χ1v) is 8.49. The summed E-state index contributed by atoms with van der Waals surface area (Å²) >= 11 is 3.85. The second kappa shape index (κ2) is 4.82. The molecule has 0 aliphatic carbocycles. The van der Waals surface area contributed by atoms with E-state index >= 15 is 0 Å². The van der Waals surface area contributed by atoms with E-state index in [9.17, 15) is 0 Å². The number of anilines is 1. The first-order chi connectivity index (χ1) is 9.79. The molecule has 3 aromatic rings. The predicted octanol–water partition coefficient (Wildman–Crippen LogP) is 4.66. The van der Waals surface area contributed by atoms with Gasteiger partial charge in [-0.15, -0.1) is 23.1 Å². The van der Waals surface area contributed by atoms with Crippen molar-refractivity contribution in [2.45, 2.75) is 28.8 Å². The van der Waals surface area contributed by atoms with Crippen LogP contribution in [0.15, 0.2) is 40.1 Å². The Labute approximate surface area is 125 Å². The second-order valence-corrected chi connectivity index (χ2v) is 7.82. The van der Waals surface area contributed by atoms with Crippen LogP contribution in [0, 0.1) is 0 Å². The first-order valence-electron chi connectivity index (χ1n) is 6.73. The van der Waals surface area contributed by atoms with Crippen molar-refractivity contribution < 1.29 is 0 Å². The average Bonchev–Trinajstić information content (AvgIpc) is 3.05. The van der Waals surface area contributed by atoms with E-state index in [4.69, 9.17) is 0 Å². The molecule has 0 bridgehead atoms. The number of hydrogen-bond acceptors (Lipinski definition) is 4. The number of thioether (sulfide) groups is 1. The Morgan fingerprint density at radius 1 is 1.35 bits per heavy atom. The lowest BCUT2D eigenvalue weighted by atomic mass is 10.0. The fourth-order valence-corrected chi connectivity index (χ4v) is 5.28. The van der Waals surface area contributed by atoms with E-state index in [0.717, 1.165) is 23.0 Å². The molecule has 3 heterocycles. The van der Waals surface area contributed by atoms with Gasteiger partial charge in [0.1, 0.15) is 0 Å². The van der Waals surface area contributed by atoms with Gasteiger partial charge in [0, 0.05) is 16.3 Å². The van der Waals surface area contributed by atoms with Crippen LogP contribution in [-0.2, 0) is 0 Å². The maximum absolute atomic E-state index is 4.07. The third kappa shape index (κ3) is 2.11. The summed E-state index contributed by atoms with van der Waals surface area (Å²) in [6.45, 7) is 2.31. The van der Waals surface area contributed by atoms with Crippen LogP contribution in [0.25, 0.3) is 10.9 Å². The van der Waals surface area contributed by atoms with Crippen LogP contribution in [0.2, 0.25) is 0 Å². The highest BCUT2D eigenvalue weighted by Gasteiger charge is 2.26. The maximum atomic E-state index is 4.07. The van der Waals surface area contributed by atoms with Crippen molar-refractivity contribution in [3.05, 3.63) is 41.4 Å². The molecule has 1 unspecified atom stereocenters. The largest absolute Gasteiger partial charge is 0.378 e. The molecule has 5 heteroatoms. The molecular weight excluding hydrogens is 286 g/mol. The van der Waals surface area contributed by atoms with Crippen molar-refractivity contribution in [3.63, 3.8) is 0 Å². The maximum Gasteiger partial charge on any atom is 0.0670 e. The van der Waals surface area contributed by atoms with Gasteiger partial charge in [-0.3, -0.25) is 5.10 Å². The van der Waals surface area contributed by atoms with Crippen molar-refractivity contribution >= 4 is 39.7 Å². The molecule has 4 rings (SSSR count). The number of aromatic amines is 1. The highest BCUT2D eigenvalue weighted by atomic mass is 32.2. The summed E-state index contributed by atoms with van der Waals surface area (Å²) < 4.78 is 1.46. The van der Waals surface area contributed by atoms with Gasteiger partial charge >= 0.3 is 0 Å². The molecule has 0 saturated carbocycles. The summed E-state index contributed by atoms with van der Waals surface area (Å²) in [6.07, 6.45) is 3.02. The van der Waals surface area contributed by atoms with Gasteiger partial charge in [0.05, 0.1) is 22.0 Å². The van der Waals surface area contributed by atoms with Crippen LogP contribution in [0.1, 0.15) is 24.9 Å². The number of nitrogens with one attached hydrogen (secondary N) is 2. The summed E-state index contributed by atoms with van der Waals surface area (Å²) in [5, 5.41) is 14.8. The third-order valence-corrected chi connectivity index (χ3v) is 6.04. The molecule has 20 heavy (non-hydrogen) atoms. The Morgan fingerprint density at radius 3 is 3.25 bits per heavy atom. The van der Waals surface area contributed by atoms with Gasteiger partial charge in [-0.1, -0.05) is 6.92 Å². The number of aromatic nitrogens is 2. The highest BCUT2D eigenvalue weighted by Crippen LogP contribution is 2.44. The first kappa shape index (κ1) is 12.3. The van der Waals surface area contributed by atoms with Crippen molar-refractivity contribution in [1.29, 1.82) is 0 Å². The van der Waals surface area contributed by atoms with Crippen LogP contribution < -0.4 is 5.32 Å². The minimum Gasteiger partial charge on any atom is -0.378 e. The van der Waals surface area contributed by atoms with Gasteiger partial charge in [-0.25, -0.2) is 0 Å². The molecule has 1 aliphatic heterocycles. The number of nitrogens with zero attached hydrogens (tertiary/aromatic N) is 1. The molecule has 0 amide bonds. The Hall–Kier alpha value is -1.46. The summed E-state index contributed by atoms with van der Waals surface area (Å²) in [5.41, 5.74) is 3.68. The lowest BCUT2D eigenvalue weighted by Gasteiger charge is -2.28. The molecule has 0 saturated heterocycles. The Kier molecular flexibility index (Phi) is 2.97. The van der Waals surface area contributed by atoms with Crippen molar-refractivity contribution in [2.24, 2.45) is 0 Å². The van der Waals surface area contributed by atoms with Gasteiger partial charge in [0.2, 0.25) is 0 Å². The zero-order valence-electron chi connectivity index (χ0n) is 11.1. The zero-order valence-corrected chi connectivity index (χ0v) is 12.7. The van der Waals surface area contributed by atoms with Gasteiger partial charge in [-0.2, -0.15) is 5.10 Å². The molecule has 0 spiro atoms. The molecule has 2 aromatic heterocycles. The number of H-pyrrole nitrogens is 1. The van der Waals surface area contributed by atoms with E-state index in [1.54, 1.807) is 0 Å². The van der Waals surface area contributed by atoms with Crippen LogP contribution in [0.4, 0.5) is 5.69 Å². The molecule has 1 aromatic carbocycles. The van der Waals surface area contributed by atoms with Crippen LogP contribution >= 0.6 is 23.1 Å². The van der Waals surface area contributed by atoms with Crippen molar-refractivity contribution in [2.75, 3.05) is 5.32 Å². The number of thiophene rings is 1. The molecule has 0 fully saturated rings.